The average Bonchev–Trinajstić information content (AvgIpc) is 3.84. The Morgan fingerprint density at radius 1 is 0.571 bits per heavy atom. The van der Waals surface area contributed by atoms with E-state index in [9.17, 15) is 0 Å². The number of benzene rings is 8. The Hall–Kier alpha value is -6.36. The van der Waals surface area contributed by atoms with Crippen LogP contribution in [0.5, 0.6) is 0 Å². The molecule has 262 valence electrons. The van der Waals surface area contributed by atoms with Crippen LogP contribution in [0.1, 0.15) is 30.5 Å². The van der Waals surface area contributed by atoms with Crippen molar-refractivity contribution in [2.75, 3.05) is 4.81 Å². The third-order valence-corrected chi connectivity index (χ3v) is 14.5. The van der Waals surface area contributed by atoms with E-state index in [0.29, 0.717) is 0 Å². The van der Waals surface area contributed by atoms with Crippen LogP contribution in [-0.4, -0.2) is 11.4 Å². The minimum absolute atomic E-state index is 0.0315. The molecule has 0 spiro atoms. The van der Waals surface area contributed by atoms with E-state index in [-0.39, 0.29) is 12.3 Å². The molecule has 2 nitrogen and oxygen atoms in total. The predicted octanol–water partition coefficient (Wildman–Crippen LogP) is 12.7. The van der Waals surface area contributed by atoms with Crippen molar-refractivity contribution in [1.29, 1.82) is 0 Å². The maximum absolute atomic E-state index is 2.69. The van der Waals surface area contributed by atoms with E-state index in [2.05, 4.69) is 188 Å². The standard InChI is InChI=1S/C52H35BN2S/c1-30-13-4-6-15-34(30)32-27-40-47-35-16-7-5-14-31(35)23-26-44(47)55(33-24-25-37-36-17-8-10-20-41(36)52(2,3)42(37)29-33)53-43-21-12-19-39-48-38-18-9-11-22-46(38)56-51(48)54(50(39)43)45(28-32)49(40)53/h4-29H,1-3H3. The lowest BCUT2D eigenvalue weighted by Gasteiger charge is -2.43. The summed E-state index contributed by atoms with van der Waals surface area (Å²) in [5, 5.41) is 6.58. The van der Waals surface area contributed by atoms with Crippen molar-refractivity contribution in [3.8, 4) is 39.1 Å². The van der Waals surface area contributed by atoms with Gasteiger partial charge in [0.25, 0.3) is 0 Å². The fourth-order valence-corrected chi connectivity index (χ4v) is 12.1. The van der Waals surface area contributed by atoms with Gasteiger partial charge in [-0.2, -0.15) is 0 Å². The quantitative estimate of drug-likeness (QED) is 0.161. The van der Waals surface area contributed by atoms with Crippen molar-refractivity contribution >= 4 is 82.5 Å². The summed E-state index contributed by atoms with van der Waals surface area (Å²) in [6.07, 6.45) is 0. The Bertz CT molecular complexity index is 3380. The van der Waals surface area contributed by atoms with E-state index in [0.717, 1.165) is 0 Å². The van der Waals surface area contributed by atoms with Crippen LogP contribution >= 0.6 is 11.3 Å². The number of aryl methyl sites for hydroxylation is 1. The van der Waals surface area contributed by atoms with Crippen LogP contribution in [0.3, 0.4) is 0 Å². The molecule has 0 N–H and O–H groups in total. The van der Waals surface area contributed by atoms with E-state index < -0.39 is 0 Å². The smallest absolute Gasteiger partial charge is 0.333 e. The zero-order valence-electron chi connectivity index (χ0n) is 31.4. The van der Waals surface area contributed by atoms with Gasteiger partial charge >= 0.3 is 6.85 Å². The molecule has 0 unspecified atom stereocenters. The van der Waals surface area contributed by atoms with Crippen molar-refractivity contribution in [2.24, 2.45) is 0 Å². The Morgan fingerprint density at radius 3 is 2.21 bits per heavy atom. The molecule has 13 rings (SSSR count). The molecule has 4 heteroatoms. The molecule has 0 saturated carbocycles. The first-order valence-electron chi connectivity index (χ1n) is 19.7. The number of aromatic nitrogens is 1. The topological polar surface area (TPSA) is 8.17 Å². The molecule has 56 heavy (non-hydrogen) atoms. The summed E-state index contributed by atoms with van der Waals surface area (Å²) in [5.41, 5.74) is 19.7. The Kier molecular flexibility index (Phi) is 5.90. The van der Waals surface area contributed by atoms with Gasteiger partial charge in [0.2, 0.25) is 0 Å². The lowest BCUT2D eigenvalue weighted by Crippen LogP contribution is -2.60. The second kappa shape index (κ2) is 10.7. The molecular formula is C52H35BN2S. The van der Waals surface area contributed by atoms with Crippen molar-refractivity contribution < 1.29 is 0 Å². The number of rotatable bonds is 2. The van der Waals surface area contributed by atoms with Gasteiger partial charge < -0.3 is 9.38 Å². The highest BCUT2D eigenvalue weighted by molar-refractivity contribution is 7.26. The SMILES string of the molecule is Cc1ccccc1-c1cc2c3c(c1)-n1c4sc5ccccc5c4c4cccc(c41)B3N(c1ccc3c(c1)C(C)(C)c1ccccc1-3)c1ccc3ccccc3c1-2. The average molecular weight is 731 g/mol. The highest BCUT2D eigenvalue weighted by atomic mass is 32.1. The van der Waals surface area contributed by atoms with Gasteiger partial charge in [-0.05, 0) is 110 Å². The van der Waals surface area contributed by atoms with Gasteiger partial charge in [-0.15, -0.1) is 11.3 Å². The fourth-order valence-electron chi connectivity index (χ4n) is 10.8. The first kappa shape index (κ1) is 30.9. The minimum atomic E-state index is -0.109. The van der Waals surface area contributed by atoms with Crippen molar-refractivity contribution in [2.45, 2.75) is 26.2 Å². The summed E-state index contributed by atoms with van der Waals surface area (Å²) in [6.45, 7) is 7.00. The van der Waals surface area contributed by atoms with Gasteiger partial charge in [0.15, 0.2) is 0 Å². The summed E-state index contributed by atoms with van der Waals surface area (Å²) in [5.74, 6) is 0. The number of nitrogens with zero attached hydrogens (tertiary/aromatic N) is 2. The summed E-state index contributed by atoms with van der Waals surface area (Å²) in [7, 11) is 0. The van der Waals surface area contributed by atoms with Crippen LogP contribution in [0.2, 0.25) is 0 Å². The summed E-state index contributed by atoms with van der Waals surface area (Å²) >= 11 is 1.92. The third kappa shape index (κ3) is 3.78. The summed E-state index contributed by atoms with van der Waals surface area (Å²) in [6, 6.07) is 59.9. The summed E-state index contributed by atoms with van der Waals surface area (Å²) < 4.78 is 3.97. The number of hydrogen-bond acceptors (Lipinski definition) is 2. The molecule has 1 aliphatic carbocycles. The Morgan fingerprint density at radius 2 is 1.32 bits per heavy atom. The van der Waals surface area contributed by atoms with Crippen LogP contribution in [0.15, 0.2) is 158 Å². The second-order valence-electron chi connectivity index (χ2n) is 16.5. The molecule has 10 aromatic rings. The van der Waals surface area contributed by atoms with Gasteiger partial charge in [-0.3, -0.25) is 0 Å². The number of thiophene rings is 1. The predicted molar refractivity (Wildman–Crippen MR) is 240 cm³/mol. The monoisotopic (exact) mass is 730 g/mol. The fraction of sp³-hybridized carbons (Fsp3) is 0.0769. The number of hydrogen-bond donors (Lipinski definition) is 0. The number of para-hydroxylation sites is 1. The van der Waals surface area contributed by atoms with E-state index in [4.69, 9.17) is 0 Å². The molecular weight excluding hydrogens is 695 g/mol. The third-order valence-electron chi connectivity index (χ3n) is 13.3. The van der Waals surface area contributed by atoms with Gasteiger partial charge in [-0.25, -0.2) is 0 Å². The van der Waals surface area contributed by atoms with Crippen LogP contribution in [0.25, 0.3) is 81.0 Å². The van der Waals surface area contributed by atoms with Crippen LogP contribution in [-0.2, 0) is 5.41 Å². The van der Waals surface area contributed by atoms with Gasteiger partial charge in [0, 0.05) is 48.9 Å². The molecule has 0 fully saturated rings. The van der Waals surface area contributed by atoms with Gasteiger partial charge in [0.1, 0.15) is 4.83 Å². The molecule has 2 aliphatic heterocycles. The van der Waals surface area contributed by atoms with E-state index in [1.165, 1.54) is 120 Å². The van der Waals surface area contributed by atoms with Crippen molar-refractivity contribution in [3.63, 3.8) is 0 Å². The van der Waals surface area contributed by atoms with Crippen molar-refractivity contribution in [3.05, 3.63) is 174 Å². The lowest BCUT2D eigenvalue weighted by atomic mass is 9.43. The largest absolute Gasteiger partial charge is 0.376 e. The van der Waals surface area contributed by atoms with Crippen LogP contribution in [0, 0.1) is 6.92 Å². The van der Waals surface area contributed by atoms with Gasteiger partial charge in [-0.1, -0.05) is 135 Å². The number of anilines is 2. The van der Waals surface area contributed by atoms with Gasteiger partial charge in [0.05, 0.1) is 5.52 Å². The molecule has 0 amide bonds. The molecule has 3 aliphatic rings. The van der Waals surface area contributed by atoms with E-state index in [1.807, 2.05) is 11.3 Å². The first-order chi connectivity index (χ1) is 27.5. The highest BCUT2D eigenvalue weighted by Gasteiger charge is 2.45. The maximum atomic E-state index is 2.69. The first-order valence-corrected chi connectivity index (χ1v) is 20.5. The molecule has 0 radical (unpaired) electrons. The Labute approximate surface area is 330 Å². The maximum Gasteiger partial charge on any atom is 0.333 e. The zero-order valence-corrected chi connectivity index (χ0v) is 32.2. The Balaban J connectivity index is 1.20. The normalized spacial score (nSPS) is 14.4. The van der Waals surface area contributed by atoms with Crippen LogP contribution in [0.4, 0.5) is 11.4 Å². The molecule has 0 atom stereocenters. The summed E-state index contributed by atoms with van der Waals surface area (Å²) in [4.78, 5) is 4.02. The molecule has 2 aromatic heterocycles. The van der Waals surface area contributed by atoms with E-state index >= 15 is 0 Å². The molecule has 0 saturated heterocycles. The molecule has 4 heterocycles. The zero-order chi connectivity index (χ0) is 37.0. The van der Waals surface area contributed by atoms with Crippen molar-refractivity contribution in [1.82, 2.24) is 4.57 Å². The highest BCUT2D eigenvalue weighted by Crippen LogP contribution is 2.53. The number of fused-ring (bicyclic) bond motifs is 14. The lowest BCUT2D eigenvalue weighted by molar-refractivity contribution is 0.660. The molecule has 8 aromatic carbocycles. The second-order valence-corrected chi connectivity index (χ2v) is 17.5. The molecule has 0 bridgehead atoms. The van der Waals surface area contributed by atoms with E-state index in [1.54, 1.807) is 0 Å². The van der Waals surface area contributed by atoms with Crippen LogP contribution < -0.4 is 15.7 Å². The minimum Gasteiger partial charge on any atom is -0.376 e.